The molecule has 1 amide bonds. The van der Waals surface area contributed by atoms with Crippen molar-refractivity contribution < 1.29 is 17.8 Å². The van der Waals surface area contributed by atoms with Crippen LogP contribution in [0.3, 0.4) is 0 Å². The zero-order chi connectivity index (χ0) is 13.3. The fourth-order valence-electron chi connectivity index (χ4n) is 1.29. The lowest BCUT2D eigenvalue weighted by atomic mass is 10.1. The summed E-state index contributed by atoms with van der Waals surface area (Å²) >= 11 is 0. The van der Waals surface area contributed by atoms with Crippen LogP contribution in [-0.4, -0.2) is 24.4 Å². The summed E-state index contributed by atoms with van der Waals surface area (Å²) in [4.78, 5) is 11.5. The van der Waals surface area contributed by atoms with Crippen molar-refractivity contribution in [3.05, 3.63) is 29.8 Å². The molecule has 6 heteroatoms. The molecule has 0 aromatic heterocycles. The van der Waals surface area contributed by atoms with E-state index in [-0.39, 0.29) is 10.5 Å². The fourth-order valence-corrected chi connectivity index (χ4v) is 1.98. The van der Waals surface area contributed by atoms with Gasteiger partial charge in [0.25, 0.3) is 16.0 Å². The molecule has 94 valence electrons. The van der Waals surface area contributed by atoms with E-state index in [4.69, 9.17) is 4.55 Å². The molecule has 0 aliphatic rings. The van der Waals surface area contributed by atoms with Crippen LogP contribution in [0.1, 0.15) is 31.1 Å². The number of benzene rings is 1. The maximum atomic E-state index is 11.8. The molecule has 0 atom stereocenters. The highest BCUT2D eigenvalue weighted by molar-refractivity contribution is 7.86. The lowest BCUT2D eigenvalue weighted by Gasteiger charge is -2.21. The standard InChI is InChI=1S/C11H15NO4S/c1-11(2,3)12-10(13)8-6-4-5-7-9(8)17(14,15)16/h4-7H,1-3H3,(H,12,13)(H,14,15,16). The molecule has 0 spiro atoms. The Morgan fingerprint density at radius 3 is 2.24 bits per heavy atom. The number of nitrogens with one attached hydrogen (secondary N) is 1. The van der Waals surface area contributed by atoms with E-state index in [9.17, 15) is 13.2 Å². The molecule has 0 saturated carbocycles. The zero-order valence-electron chi connectivity index (χ0n) is 9.89. The zero-order valence-corrected chi connectivity index (χ0v) is 10.7. The Kier molecular flexibility index (Phi) is 3.59. The highest BCUT2D eigenvalue weighted by atomic mass is 32.2. The van der Waals surface area contributed by atoms with Crippen LogP contribution in [0, 0.1) is 0 Å². The van der Waals surface area contributed by atoms with E-state index in [0.29, 0.717) is 0 Å². The average Bonchev–Trinajstić information content (AvgIpc) is 2.13. The summed E-state index contributed by atoms with van der Waals surface area (Å²) in [7, 11) is -4.39. The molecule has 0 fully saturated rings. The number of carbonyl (C=O) groups excluding carboxylic acids is 1. The molecule has 1 rings (SSSR count). The maximum absolute atomic E-state index is 11.8. The molecule has 17 heavy (non-hydrogen) atoms. The van der Waals surface area contributed by atoms with Crippen molar-refractivity contribution in [3.63, 3.8) is 0 Å². The third-order valence-corrected chi connectivity index (χ3v) is 2.81. The van der Waals surface area contributed by atoms with Crippen molar-refractivity contribution in [1.29, 1.82) is 0 Å². The minimum atomic E-state index is -4.39. The summed E-state index contributed by atoms with van der Waals surface area (Å²) in [6.07, 6.45) is 0. The predicted molar refractivity (Wildman–Crippen MR) is 63.5 cm³/mol. The SMILES string of the molecule is CC(C)(C)NC(=O)c1ccccc1S(=O)(=O)O. The summed E-state index contributed by atoms with van der Waals surface area (Å²) in [5.74, 6) is -0.536. The molecule has 0 aliphatic carbocycles. The summed E-state index contributed by atoms with van der Waals surface area (Å²) in [6, 6.07) is 5.51. The molecule has 0 aliphatic heterocycles. The number of amides is 1. The molecule has 0 unspecified atom stereocenters. The first-order valence-corrected chi connectivity index (χ1v) is 6.44. The topological polar surface area (TPSA) is 83.5 Å². The van der Waals surface area contributed by atoms with Gasteiger partial charge in [0.05, 0.1) is 5.56 Å². The van der Waals surface area contributed by atoms with Gasteiger partial charge in [-0.05, 0) is 32.9 Å². The van der Waals surface area contributed by atoms with Crippen LogP contribution in [0.2, 0.25) is 0 Å². The molecule has 2 N–H and O–H groups in total. The summed E-state index contributed by atoms with van der Waals surface area (Å²) in [6.45, 7) is 5.34. The maximum Gasteiger partial charge on any atom is 0.295 e. The van der Waals surface area contributed by atoms with E-state index >= 15 is 0 Å². The van der Waals surface area contributed by atoms with Crippen LogP contribution in [0.25, 0.3) is 0 Å². The van der Waals surface area contributed by atoms with Gasteiger partial charge in [-0.2, -0.15) is 8.42 Å². The minimum Gasteiger partial charge on any atom is -0.347 e. The summed E-state index contributed by atoms with van der Waals surface area (Å²) < 4.78 is 31.2. The average molecular weight is 257 g/mol. The largest absolute Gasteiger partial charge is 0.347 e. The monoisotopic (exact) mass is 257 g/mol. The number of hydrogen-bond donors (Lipinski definition) is 2. The normalized spacial score (nSPS) is 12.2. The Hall–Kier alpha value is -1.40. The Labute approximate surface area is 101 Å². The van der Waals surface area contributed by atoms with E-state index in [1.807, 2.05) is 0 Å². The Balaban J connectivity index is 3.20. The first kappa shape index (κ1) is 13.7. The number of hydrogen-bond acceptors (Lipinski definition) is 3. The minimum absolute atomic E-state index is 0.0649. The first-order valence-electron chi connectivity index (χ1n) is 5.00. The fraction of sp³-hybridized carbons (Fsp3) is 0.364. The van der Waals surface area contributed by atoms with E-state index in [2.05, 4.69) is 5.32 Å². The Morgan fingerprint density at radius 1 is 1.24 bits per heavy atom. The van der Waals surface area contributed by atoms with E-state index < -0.39 is 21.6 Å². The van der Waals surface area contributed by atoms with Crippen LogP contribution in [-0.2, 0) is 10.1 Å². The van der Waals surface area contributed by atoms with Gasteiger partial charge in [0.1, 0.15) is 4.90 Å². The summed E-state index contributed by atoms with van der Waals surface area (Å²) in [5.41, 5.74) is -0.548. The van der Waals surface area contributed by atoms with Gasteiger partial charge in [0.15, 0.2) is 0 Å². The smallest absolute Gasteiger partial charge is 0.295 e. The molecule has 5 nitrogen and oxygen atoms in total. The van der Waals surface area contributed by atoms with Crippen LogP contribution in [0.5, 0.6) is 0 Å². The second kappa shape index (κ2) is 4.46. The van der Waals surface area contributed by atoms with Gasteiger partial charge in [-0.15, -0.1) is 0 Å². The van der Waals surface area contributed by atoms with E-state index in [1.165, 1.54) is 24.3 Å². The third kappa shape index (κ3) is 3.83. The summed E-state index contributed by atoms with van der Waals surface area (Å²) in [5, 5.41) is 2.63. The van der Waals surface area contributed by atoms with Crippen molar-refractivity contribution >= 4 is 16.0 Å². The molecule has 1 aromatic rings. The molecule has 0 bridgehead atoms. The lowest BCUT2D eigenvalue weighted by molar-refractivity contribution is 0.0916. The quantitative estimate of drug-likeness (QED) is 0.786. The first-order chi connectivity index (χ1) is 7.61. The Bertz CT molecular complexity index is 529. The van der Waals surface area contributed by atoms with Crippen LogP contribution in [0.15, 0.2) is 29.2 Å². The van der Waals surface area contributed by atoms with E-state index in [0.717, 1.165) is 0 Å². The van der Waals surface area contributed by atoms with Crippen molar-refractivity contribution in [2.75, 3.05) is 0 Å². The van der Waals surface area contributed by atoms with Gasteiger partial charge < -0.3 is 5.32 Å². The van der Waals surface area contributed by atoms with Gasteiger partial charge >= 0.3 is 0 Å². The van der Waals surface area contributed by atoms with Crippen LogP contribution < -0.4 is 5.32 Å². The molecular weight excluding hydrogens is 242 g/mol. The second-order valence-corrected chi connectivity index (χ2v) is 6.07. The van der Waals surface area contributed by atoms with Gasteiger partial charge in [-0.3, -0.25) is 9.35 Å². The predicted octanol–water partition coefficient (Wildman–Crippen LogP) is 1.46. The Morgan fingerprint density at radius 2 is 1.76 bits per heavy atom. The molecule has 1 aromatic carbocycles. The highest BCUT2D eigenvalue weighted by Crippen LogP contribution is 2.15. The van der Waals surface area contributed by atoms with Crippen molar-refractivity contribution in [1.82, 2.24) is 5.32 Å². The molecular formula is C11H15NO4S. The van der Waals surface area contributed by atoms with Crippen molar-refractivity contribution in [2.45, 2.75) is 31.2 Å². The van der Waals surface area contributed by atoms with Crippen LogP contribution in [0.4, 0.5) is 0 Å². The second-order valence-electron chi connectivity index (χ2n) is 4.68. The van der Waals surface area contributed by atoms with Crippen molar-refractivity contribution in [3.8, 4) is 0 Å². The van der Waals surface area contributed by atoms with Gasteiger partial charge in [0.2, 0.25) is 0 Å². The van der Waals surface area contributed by atoms with Gasteiger partial charge in [-0.25, -0.2) is 0 Å². The van der Waals surface area contributed by atoms with Gasteiger partial charge in [0, 0.05) is 5.54 Å². The molecule has 0 radical (unpaired) electrons. The van der Waals surface area contributed by atoms with Gasteiger partial charge in [-0.1, -0.05) is 12.1 Å². The number of rotatable bonds is 2. The molecule has 0 heterocycles. The third-order valence-electron chi connectivity index (χ3n) is 1.90. The number of carbonyl (C=O) groups is 1. The van der Waals surface area contributed by atoms with Crippen LogP contribution >= 0.6 is 0 Å². The van der Waals surface area contributed by atoms with Crippen molar-refractivity contribution in [2.24, 2.45) is 0 Å². The lowest BCUT2D eigenvalue weighted by Crippen LogP contribution is -2.41. The van der Waals surface area contributed by atoms with E-state index in [1.54, 1.807) is 20.8 Å². The highest BCUT2D eigenvalue weighted by Gasteiger charge is 2.22. The molecule has 0 saturated heterocycles.